The van der Waals surface area contributed by atoms with Crippen LogP contribution >= 0.6 is 0 Å². The van der Waals surface area contributed by atoms with Crippen molar-refractivity contribution in [1.29, 1.82) is 0 Å². The van der Waals surface area contributed by atoms with Gasteiger partial charge in [0.1, 0.15) is 18.2 Å². The second kappa shape index (κ2) is 5.00. The summed E-state index contributed by atoms with van der Waals surface area (Å²) in [5, 5.41) is 37.9. The monoisotopic (exact) mass is 264 g/mol. The summed E-state index contributed by atoms with van der Waals surface area (Å²) >= 11 is 0. The van der Waals surface area contributed by atoms with Crippen molar-refractivity contribution in [2.45, 2.75) is 24.4 Å². The molecule has 0 bridgehead atoms. The molecule has 1 saturated heterocycles. The van der Waals surface area contributed by atoms with Crippen LogP contribution in [0.2, 0.25) is 0 Å². The molecule has 0 radical (unpaired) electrons. The molecule has 2 heterocycles. The van der Waals surface area contributed by atoms with E-state index < -0.39 is 36.7 Å². The van der Waals surface area contributed by atoms with E-state index in [1.54, 1.807) is 5.48 Å². The van der Waals surface area contributed by atoms with Gasteiger partial charge in [-0.2, -0.15) is 4.98 Å². The molecule has 1 aliphatic rings. The Hall–Kier alpha value is -1.52. The molecule has 0 aliphatic carbocycles. The third-order valence-electron chi connectivity index (χ3n) is 2.12. The number of aliphatic hydroxyl groups is 3. The van der Waals surface area contributed by atoms with Crippen molar-refractivity contribution in [1.82, 2.24) is 9.55 Å². The van der Waals surface area contributed by atoms with E-state index in [1.807, 2.05) is 0 Å². The SMILES string of the molecule is [2H]C(O)[C@@]1([2H])O[C@@]([2H])(n2ccc(NO)nc2=O)[C@]([2H])(O)[C@]1([2H])O. The lowest BCUT2D eigenvalue weighted by atomic mass is 10.1. The van der Waals surface area contributed by atoms with Crippen molar-refractivity contribution in [2.24, 2.45) is 0 Å². The molecule has 1 aliphatic heterocycles. The Kier molecular flexibility index (Phi) is 2.17. The minimum absolute atomic E-state index is 0.166. The van der Waals surface area contributed by atoms with Crippen molar-refractivity contribution in [2.75, 3.05) is 12.1 Å². The van der Waals surface area contributed by atoms with Gasteiger partial charge in [-0.05, 0) is 6.07 Å². The second-order valence-corrected chi connectivity index (χ2v) is 3.17. The van der Waals surface area contributed by atoms with Crippen molar-refractivity contribution in [3.05, 3.63) is 22.7 Å². The maximum atomic E-state index is 11.9. The van der Waals surface area contributed by atoms with E-state index in [9.17, 15) is 20.1 Å². The van der Waals surface area contributed by atoms with Crippen LogP contribution < -0.4 is 11.2 Å². The fourth-order valence-corrected chi connectivity index (χ4v) is 1.29. The largest absolute Gasteiger partial charge is 0.394 e. The van der Waals surface area contributed by atoms with E-state index in [1.165, 1.54) is 0 Å². The Balaban J connectivity index is 2.69. The number of nitrogens with one attached hydrogen (secondary N) is 1. The lowest BCUT2D eigenvalue weighted by Crippen LogP contribution is -2.36. The van der Waals surface area contributed by atoms with Crippen LogP contribution in [0.1, 0.15) is 13.1 Å². The zero-order valence-corrected chi connectivity index (χ0v) is 8.73. The van der Waals surface area contributed by atoms with Gasteiger partial charge in [0, 0.05) is 6.20 Å². The number of hydrogen-bond acceptors (Lipinski definition) is 8. The van der Waals surface area contributed by atoms with Crippen LogP contribution in [0, 0.1) is 0 Å². The molecule has 5 N–H and O–H groups in total. The molecular formula is C9H13N3O6. The molecular weight excluding hydrogens is 246 g/mol. The van der Waals surface area contributed by atoms with Gasteiger partial charge in [-0.1, -0.05) is 0 Å². The average molecular weight is 264 g/mol. The predicted octanol–water partition coefficient (Wildman–Crippen LogP) is -2.34. The first-order valence-electron chi connectivity index (χ1n) is 7.18. The van der Waals surface area contributed by atoms with Gasteiger partial charge in [0.25, 0.3) is 0 Å². The van der Waals surface area contributed by atoms with Crippen LogP contribution in [0.3, 0.4) is 0 Å². The van der Waals surface area contributed by atoms with Gasteiger partial charge in [-0.25, -0.2) is 4.79 Å². The summed E-state index contributed by atoms with van der Waals surface area (Å²) in [5.74, 6) is -0.347. The number of nitrogens with zero attached hydrogens (tertiary/aromatic N) is 2. The van der Waals surface area contributed by atoms with Gasteiger partial charge >= 0.3 is 5.69 Å². The number of ether oxygens (including phenoxy) is 1. The van der Waals surface area contributed by atoms with E-state index in [-0.39, 0.29) is 10.4 Å². The van der Waals surface area contributed by atoms with Gasteiger partial charge in [-0.3, -0.25) is 15.3 Å². The molecule has 9 heteroatoms. The maximum Gasteiger partial charge on any atom is 0.351 e. The summed E-state index contributed by atoms with van der Waals surface area (Å²) < 4.78 is 42.7. The fraction of sp³-hybridized carbons (Fsp3) is 0.556. The molecule has 0 saturated carbocycles. The highest BCUT2D eigenvalue weighted by molar-refractivity contribution is 5.28. The normalized spacial score (nSPS) is 53.7. The third kappa shape index (κ3) is 2.09. The van der Waals surface area contributed by atoms with Gasteiger partial charge in [0.15, 0.2) is 12.0 Å². The van der Waals surface area contributed by atoms with Crippen LogP contribution in [0.5, 0.6) is 0 Å². The summed E-state index contributed by atoms with van der Waals surface area (Å²) in [4.78, 5) is 15.1. The smallest absolute Gasteiger partial charge is 0.351 e. The Labute approximate surface area is 108 Å². The van der Waals surface area contributed by atoms with Gasteiger partial charge in [-0.15, -0.1) is 0 Å². The maximum absolute atomic E-state index is 11.9. The van der Waals surface area contributed by atoms with Gasteiger partial charge in [0.2, 0.25) is 0 Å². The first-order chi connectivity index (χ1) is 10.3. The molecule has 0 spiro atoms. The molecule has 1 unspecified atom stereocenters. The molecule has 1 aromatic rings. The van der Waals surface area contributed by atoms with Crippen LogP contribution in [0.15, 0.2) is 17.1 Å². The molecule has 9 nitrogen and oxygen atoms in total. The number of anilines is 1. The Morgan fingerprint density at radius 1 is 1.61 bits per heavy atom. The predicted molar refractivity (Wildman–Crippen MR) is 56.9 cm³/mol. The minimum atomic E-state index is -3.67. The van der Waals surface area contributed by atoms with E-state index in [0.717, 1.165) is 12.3 Å². The minimum Gasteiger partial charge on any atom is -0.394 e. The van der Waals surface area contributed by atoms with Crippen molar-refractivity contribution in [3.8, 4) is 0 Å². The summed E-state index contributed by atoms with van der Waals surface area (Å²) in [5.41, 5.74) is 0.197. The van der Waals surface area contributed by atoms with E-state index in [4.69, 9.17) is 12.1 Å². The highest BCUT2D eigenvalue weighted by Crippen LogP contribution is 2.27. The van der Waals surface area contributed by atoms with Gasteiger partial charge in [0.05, 0.1) is 13.4 Å². The van der Waals surface area contributed by atoms with E-state index in [0.29, 0.717) is 0 Å². The number of hydrogen-bond donors (Lipinski definition) is 5. The zero-order chi connectivity index (χ0) is 17.8. The molecule has 5 atom stereocenters. The third-order valence-corrected chi connectivity index (χ3v) is 2.12. The van der Waals surface area contributed by atoms with Crippen molar-refractivity contribution >= 4 is 5.82 Å². The highest BCUT2D eigenvalue weighted by atomic mass is 16.6. The van der Waals surface area contributed by atoms with Gasteiger partial charge < -0.3 is 20.1 Å². The molecule has 2 rings (SSSR count). The molecule has 100 valence electrons. The average Bonchev–Trinajstić information content (AvgIpc) is 2.55. The summed E-state index contributed by atoms with van der Waals surface area (Å²) in [6, 6.07) is 0.932. The number of aliphatic hydroxyl groups excluding tert-OH is 1. The Morgan fingerprint density at radius 2 is 2.33 bits per heavy atom. The highest BCUT2D eigenvalue weighted by Gasteiger charge is 2.43. The molecule has 18 heavy (non-hydrogen) atoms. The molecule has 0 amide bonds. The first-order valence-corrected chi connectivity index (χ1v) is 4.60. The summed E-state index contributed by atoms with van der Waals surface area (Å²) in [6.07, 6.45) is -13.2. The topological polar surface area (TPSA) is 137 Å². The quantitative estimate of drug-likeness (QED) is 0.383. The summed E-state index contributed by atoms with van der Waals surface area (Å²) in [6.45, 7) is -2.64. The van der Waals surface area contributed by atoms with Crippen molar-refractivity contribution in [3.63, 3.8) is 0 Å². The van der Waals surface area contributed by atoms with Crippen molar-refractivity contribution < 1.29 is 32.1 Å². The van der Waals surface area contributed by atoms with Crippen LogP contribution in [-0.2, 0) is 4.74 Å². The first kappa shape index (κ1) is 7.81. The molecule has 1 fully saturated rings. The lowest BCUT2D eigenvalue weighted by molar-refractivity contribution is -0.0549. The second-order valence-electron chi connectivity index (χ2n) is 3.17. The van der Waals surface area contributed by atoms with E-state index in [2.05, 4.69) is 9.72 Å². The fourth-order valence-electron chi connectivity index (χ4n) is 1.29. The molecule has 0 aromatic carbocycles. The lowest BCUT2D eigenvalue weighted by Gasteiger charge is -2.16. The number of rotatable bonds is 3. The Morgan fingerprint density at radius 3 is 2.83 bits per heavy atom. The van der Waals surface area contributed by atoms with Crippen LogP contribution in [0.25, 0.3) is 0 Å². The van der Waals surface area contributed by atoms with E-state index >= 15 is 0 Å². The van der Waals surface area contributed by atoms with Crippen LogP contribution in [0.4, 0.5) is 5.82 Å². The standard InChI is InChI=1S/C9H13N3O6/c13-3-4-6(14)7(15)8(18-4)12-2-1-5(11-17)10-9(12)16/h1-2,4,6-8,13-15,17H,3H2,(H,10,11,16)/t4-,6-,7-,8-/m1/s1/i3D,4D,6D,7D,8D/t3?,4-,6-,7-,8-. The Bertz CT molecular complexity index is 681. The molecule has 1 aromatic heterocycles. The number of aromatic nitrogens is 2. The van der Waals surface area contributed by atoms with Crippen LogP contribution in [-0.4, -0.2) is 54.9 Å². The zero-order valence-electron chi connectivity index (χ0n) is 13.7. The summed E-state index contributed by atoms with van der Waals surface area (Å²) in [7, 11) is 0.